The van der Waals surface area contributed by atoms with Gasteiger partial charge in [0.1, 0.15) is 5.01 Å². The Balaban J connectivity index is 1.98. The van der Waals surface area contributed by atoms with Gasteiger partial charge in [-0.1, -0.05) is 52.9 Å². The summed E-state index contributed by atoms with van der Waals surface area (Å²) in [5.41, 5.74) is 0.753. The first-order valence-corrected chi connectivity index (χ1v) is 7.20. The Bertz CT molecular complexity index is 504. The summed E-state index contributed by atoms with van der Waals surface area (Å²) in [7, 11) is 0. The Hall–Kier alpha value is -0.620. The van der Waals surface area contributed by atoms with Gasteiger partial charge in [0, 0.05) is 10.8 Å². The number of halogens is 1. The predicted molar refractivity (Wildman–Crippen MR) is 71.8 cm³/mol. The molecule has 6 heteroatoms. The molecule has 0 saturated heterocycles. The molecule has 1 unspecified atom stereocenters. The SMILES string of the molecule is Cc1nnc(SCC(O)c2ccccc2Cl)s1. The van der Waals surface area contributed by atoms with Crippen LogP contribution in [-0.2, 0) is 0 Å². The molecular formula is C11H11ClN2OS2. The van der Waals surface area contributed by atoms with Crippen LogP contribution in [0, 0.1) is 6.92 Å². The maximum absolute atomic E-state index is 10.0. The van der Waals surface area contributed by atoms with Crippen molar-refractivity contribution in [1.29, 1.82) is 0 Å². The van der Waals surface area contributed by atoms with Crippen molar-refractivity contribution < 1.29 is 5.11 Å². The molecule has 2 aromatic rings. The fourth-order valence-corrected chi connectivity index (χ4v) is 3.38. The fourth-order valence-electron chi connectivity index (χ4n) is 1.32. The van der Waals surface area contributed by atoms with Crippen LogP contribution in [-0.4, -0.2) is 21.1 Å². The minimum absolute atomic E-state index is 0.526. The van der Waals surface area contributed by atoms with Gasteiger partial charge in [0.2, 0.25) is 0 Å². The van der Waals surface area contributed by atoms with E-state index in [9.17, 15) is 5.11 Å². The van der Waals surface area contributed by atoms with Crippen molar-refractivity contribution in [2.75, 3.05) is 5.75 Å². The number of thioether (sulfide) groups is 1. The standard InChI is InChI=1S/C11H11ClN2OS2/c1-7-13-14-11(17-7)16-6-10(15)8-4-2-3-5-9(8)12/h2-5,10,15H,6H2,1H3. The van der Waals surface area contributed by atoms with Crippen LogP contribution in [0.3, 0.4) is 0 Å². The van der Waals surface area contributed by atoms with Crippen LogP contribution in [0.4, 0.5) is 0 Å². The second kappa shape index (κ2) is 5.82. The highest BCUT2D eigenvalue weighted by Gasteiger charge is 2.12. The Morgan fingerprint density at radius 2 is 2.18 bits per heavy atom. The molecular weight excluding hydrogens is 276 g/mol. The topological polar surface area (TPSA) is 46.0 Å². The van der Waals surface area contributed by atoms with E-state index in [4.69, 9.17) is 11.6 Å². The molecule has 0 aliphatic carbocycles. The van der Waals surface area contributed by atoms with Gasteiger partial charge in [-0.25, -0.2) is 0 Å². The lowest BCUT2D eigenvalue weighted by atomic mass is 10.1. The summed E-state index contributed by atoms with van der Waals surface area (Å²) in [6.45, 7) is 1.91. The van der Waals surface area contributed by atoms with Gasteiger partial charge in [-0.2, -0.15) is 0 Å². The highest BCUT2D eigenvalue weighted by Crippen LogP contribution is 2.29. The molecule has 0 aliphatic heterocycles. The van der Waals surface area contributed by atoms with Crippen molar-refractivity contribution in [3.05, 3.63) is 39.9 Å². The first kappa shape index (κ1) is 12.8. The van der Waals surface area contributed by atoms with E-state index in [0.717, 1.165) is 14.9 Å². The Kier molecular flexibility index (Phi) is 4.39. The molecule has 1 N–H and O–H groups in total. The van der Waals surface area contributed by atoms with Crippen molar-refractivity contribution in [2.45, 2.75) is 17.4 Å². The average molecular weight is 287 g/mol. The average Bonchev–Trinajstić information content (AvgIpc) is 2.73. The van der Waals surface area contributed by atoms with E-state index < -0.39 is 6.10 Å². The summed E-state index contributed by atoms with van der Waals surface area (Å²) in [6, 6.07) is 7.32. The van der Waals surface area contributed by atoms with Crippen LogP contribution in [0.15, 0.2) is 28.6 Å². The van der Waals surface area contributed by atoms with Crippen molar-refractivity contribution in [3.8, 4) is 0 Å². The number of nitrogens with zero attached hydrogens (tertiary/aromatic N) is 2. The lowest BCUT2D eigenvalue weighted by Crippen LogP contribution is -2.01. The van der Waals surface area contributed by atoms with Crippen LogP contribution < -0.4 is 0 Å². The molecule has 0 aliphatic rings. The Morgan fingerprint density at radius 1 is 1.41 bits per heavy atom. The molecule has 0 saturated carbocycles. The molecule has 3 nitrogen and oxygen atoms in total. The first-order chi connectivity index (χ1) is 8.16. The number of aliphatic hydroxyl groups is 1. The molecule has 2 rings (SSSR count). The molecule has 1 aromatic heterocycles. The Labute approximate surface area is 113 Å². The number of benzene rings is 1. The summed E-state index contributed by atoms with van der Waals surface area (Å²) in [6.07, 6.45) is -0.585. The van der Waals surface area contributed by atoms with Crippen molar-refractivity contribution in [3.63, 3.8) is 0 Å². The molecule has 90 valence electrons. The molecule has 0 fully saturated rings. The van der Waals surface area contributed by atoms with Crippen molar-refractivity contribution in [2.24, 2.45) is 0 Å². The van der Waals surface area contributed by atoms with Gasteiger partial charge in [0.25, 0.3) is 0 Å². The third-order valence-electron chi connectivity index (χ3n) is 2.14. The van der Waals surface area contributed by atoms with E-state index in [0.29, 0.717) is 10.8 Å². The lowest BCUT2D eigenvalue weighted by Gasteiger charge is -2.10. The van der Waals surface area contributed by atoms with Crippen LogP contribution in [0.1, 0.15) is 16.7 Å². The summed E-state index contributed by atoms with van der Waals surface area (Å²) in [5.74, 6) is 0.526. The van der Waals surface area contributed by atoms with Crippen molar-refractivity contribution in [1.82, 2.24) is 10.2 Å². The van der Waals surface area contributed by atoms with Crippen LogP contribution >= 0.6 is 34.7 Å². The van der Waals surface area contributed by atoms with Gasteiger partial charge >= 0.3 is 0 Å². The number of aryl methyl sites for hydroxylation is 1. The second-order valence-electron chi connectivity index (χ2n) is 3.44. The Morgan fingerprint density at radius 3 is 2.82 bits per heavy atom. The smallest absolute Gasteiger partial charge is 0.174 e. The van der Waals surface area contributed by atoms with Gasteiger partial charge in [-0.15, -0.1) is 10.2 Å². The van der Waals surface area contributed by atoms with Gasteiger partial charge in [-0.05, 0) is 18.6 Å². The zero-order valence-electron chi connectivity index (χ0n) is 9.13. The van der Waals surface area contributed by atoms with E-state index in [1.807, 2.05) is 25.1 Å². The van der Waals surface area contributed by atoms with Gasteiger partial charge in [0.05, 0.1) is 6.10 Å². The highest BCUT2D eigenvalue weighted by atomic mass is 35.5. The molecule has 1 heterocycles. The number of hydrogen-bond acceptors (Lipinski definition) is 5. The molecule has 1 atom stereocenters. The number of rotatable bonds is 4. The van der Waals surface area contributed by atoms with Crippen LogP contribution in [0.25, 0.3) is 0 Å². The van der Waals surface area contributed by atoms with Crippen molar-refractivity contribution >= 4 is 34.7 Å². The first-order valence-electron chi connectivity index (χ1n) is 5.02. The van der Waals surface area contributed by atoms with E-state index in [1.165, 1.54) is 23.1 Å². The maximum atomic E-state index is 10.0. The van der Waals surface area contributed by atoms with E-state index >= 15 is 0 Å². The summed E-state index contributed by atoms with van der Waals surface area (Å²) >= 11 is 9.03. The minimum Gasteiger partial charge on any atom is -0.387 e. The molecule has 0 amide bonds. The summed E-state index contributed by atoms with van der Waals surface area (Å²) < 4.78 is 0.869. The van der Waals surface area contributed by atoms with Crippen LogP contribution in [0.2, 0.25) is 5.02 Å². The molecule has 0 radical (unpaired) electrons. The second-order valence-corrected chi connectivity index (χ2v) is 6.29. The minimum atomic E-state index is -0.585. The normalized spacial score (nSPS) is 12.6. The molecule has 0 bridgehead atoms. The molecule has 1 aromatic carbocycles. The number of aromatic nitrogens is 2. The monoisotopic (exact) mass is 286 g/mol. The van der Waals surface area contributed by atoms with E-state index in [1.54, 1.807) is 6.07 Å². The van der Waals surface area contributed by atoms with Gasteiger partial charge in [0.15, 0.2) is 4.34 Å². The number of hydrogen-bond donors (Lipinski definition) is 1. The zero-order chi connectivity index (χ0) is 12.3. The third-order valence-corrected chi connectivity index (χ3v) is 4.53. The molecule has 0 spiro atoms. The predicted octanol–water partition coefficient (Wildman–Crippen LogP) is 3.33. The summed E-state index contributed by atoms with van der Waals surface area (Å²) in [5, 5.41) is 19.5. The summed E-state index contributed by atoms with van der Waals surface area (Å²) in [4.78, 5) is 0. The van der Waals surface area contributed by atoms with Crippen LogP contribution in [0.5, 0.6) is 0 Å². The fraction of sp³-hybridized carbons (Fsp3) is 0.273. The quantitative estimate of drug-likeness (QED) is 0.876. The highest BCUT2D eigenvalue weighted by molar-refractivity contribution is 8.01. The largest absolute Gasteiger partial charge is 0.387 e. The molecule has 17 heavy (non-hydrogen) atoms. The van der Waals surface area contributed by atoms with Gasteiger partial charge in [-0.3, -0.25) is 0 Å². The number of aliphatic hydroxyl groups excluding tert-OH is 1. The van der Waals surface area contributed by atoms with E-state index in [2.05, 4.69) is 10.2 Å². The maximum Gasteiger partial charge on any atom is 0.174 e. The zero-order valence-corrected chi connectivity index (χ0v) is 11.5. The van der Waals surface area contributed by atoms with Gasteiger partial charge < -0.3 is 5.11 Å². The third kappa shape index (κ3) is 3.42. The van der Waals surface area contributed by atoms with E-state index in [-0.39, 0.29) is 0 Å². The lowest BCUT2D eigenvalue weighted by molar-refractivity contribution is 0.204.